The van der Waals surface area contributed by atoms with Crippen molar-refractivity contribution in [3.05, 3.63) is 35.4 Å². The van der Waals surface area contributed by atoms with Crippen LogP contribution in [0.3, 0.4) is 0 Å². The second kappa shape index (κ2) is 6.91. The van der Waals surface area contributed by atoms with Crippen molar-refractivity contribution in [1.82, 2.24) is 10.2 Å². The zero-order chi connectivity index (χ0) is 14.7. The molecule has 0 radical (unpaired) electrons. The maximum absolute atomic E-state index is 5.35. The monoisotopic (exact) mass is 288 g/mol. The summed E-state index contributed by atoms with van der Waals surface area (Å²) in [6.07, 6.45) is 5.09. The summed E-state index contributed by atoms with van der Waals surface area (Å²) in [4.78, 5) is 2.70. The van der Waals surface area contributed by atoms with Crippen molar-refractivity contribution >= 4 is 0 Å². The smallest absolute Gasteiger partial charge is 0.0503 e. The molecule has 1 saturated heterocycles. The van der Waals surface area contributed by atoms with Gasteiger partial charge in [0.25, 0.3) is 0 Å². The maximum atomic E-state index is 5.35. The molecule has 1 aromatic carbocycles. The molecule has 21 heavy (non-hydrogen) atoms. The summed E-state index contributed by atoms with van der Waals surface area (Å²) >= 11 is 0. The zero-order valence-corrected chi connectivity index (χ0v) is 13.3. The van der Waals surface area contributed by atoms with Crippen molar-refractivity contribution in [2.75, 3.05) is 33.9 Å². The van der Waals surface area contributed by atoms with Crippen LogP contribution in [0.2, 0.25) is 0 Å². The van der Waals surface area contributed by atoms with Crippen molar-refractivity contribution in [1.29, 1.82) is 0 Å². The number of hydrogen-bond acceptors (Lipinski definition) is 3. The fourth-order valence-corrected chi connectivity index (χ4v) is 4.22. The van der Waals surface area contributed by atoms with E-state index in [1.54, 1.807) is 0 Å². The van der Waals surface area contributed by atoms with E-state index in [1.165, 1.54) is 49.9 Å². The third-order valence-electron chi connectivity index (χ3n) is 5.22. The Morgan fingerprint density at radius 2 is 2.14 bits per heavy atom. The second-order valence-electron chi connectivity index (χ2n) is 6.53. The Balaban J connectivity index is 1.79. The van der Waals surface area contributed by atoms with Crippen molar-refractivity contribution in [3.8, 4) is 0 Å². The lowest BCUT2D eigenvalue weighted by Gasteiger charge is -2.34. The number of nitrogens with one attached hydrogen (secondary N) is 1. The second-order valence-corrected chi connectivity index (χ2v) is 6.53. The Morgan fingerprint density at radius 1 is 1.29 bits per heavy atom. The fourth-order valence-electron chi connectivity index (χ4n) is 4.22. The van der Waals surface area contributed by atoms with Crippen LogP contribution < -0.4 is 5.32 Å². The number of aryl methyl sites for hydroxylation is 1. The molecule has 1 aromatic rings. The van der Waals surface area contributed by atoms with Gasteiger partial charge < -0.3 is 10.1 Å². The number of ether oxygens (including phenoxy) is 1. The number of benzene rings is 1. The Morgan fingerprint density at radius 3 is 2.95 bits per heavy atom. The topological polar surface area (TPSA) is 24.5 Å². The predicted octanol–water partition coefficient (Wildman–Crippen LogP) is 2.62. The van der Waals surface area contributed by atoms with Gasteiger partial charge in [-0.3, -0.25) is 4.90 Å². The van der Waals surface area contributed by atoms with E-state index in [4.69, 9.17) is 4.74 Å². The fraction of sp³-hybridized carbons (Fsp3) is 0.667. The number of likely N-dealkylation sites (tertiary alicyclic amines) is 1. The summed E-state index contributed by atoms with van der Waals surface area (Å²) in [6.45, 7) is 3.32. The van der Waals surface area contributed by atoms with Gasteiger partial charge in [-0.15, -0.1) is 0 Å². The standard InChI is InChI=1S/C18H28N2O/c1-19-18-16-8-4-3-6-15(16)7-5-9-17(18)20-11-10-14(12-20)13-21-2/h3-4,6,8,14,17-19H,5,7,9-13H2,1-2H3. The molecule has 0 aromatic heterocycles. The number of likely N-dealkylation sites (N-methyl/N-ethyl adjacent to an activating group) is 1. The lowest BCUT2D eigenvalue weighted by Crippen LogP contribution is -2.42. The number of hydrogen-bond donors (Lipinski definition) is 1. The van der Waals surface area contributed by atoms with E-state index in [0.29, 0.717) is 18.0 Å². The molecule has 1 aliphatic heterocycles. The van der Waals surface area contributed by atoms with Gasteiger partial charge in [-0.05, 0) is 56.3 Å². The average Bonchev–Trinajstić information content (AvgIpc) is 2.88. The van der Waals surface area contributed by atoms with Crippen LogP contribution in [-0.4, -0.2) is 44.8 Å². The first kappa shape index (κ1) is 15.0. The van der Waals surface area contributed by atoms with Gasteiger partial charge in [-0.25, -0.2) is 0 Å². The van der Waals surface area contributed by atoms with E-state index in [9.17, 15) is 0 Å². The molecule has 3 unspecified atom stereocenters. The number of methoxy groups -OCH3 is 1. The molecule has 3 nitrogen and oxygen atoms in total. The highest BCUT2D eigenvalue weighted by molar-refractivity contribution is 5.32. The summed E-state index contributed by atoms with van der Waals surface area (Å²) in [6, 6.07) is 10.1. The number of nitrogens with zero attached hydrogens (tertiary/aromatic N) is 1. The van der Waals surface area contributed by atoms with Crippen LogP contribution in [0.1, 0.15) is 36.4 Å². The molecule has 1 N–H and O–H groups in total. The molecule has 1 aliphatic carbocycles. The molecule has 0 saturated carbocycles. The lowest BCUT2D eigenvalue weighted by atomic mass is 9.95. The van der Waals surface area contributed by atoms with Crippen LogP contribution in [0.4, 0.5) is 0 Å². The minimum Gasteiger partial charge on any atom is -0.384 e. The van der Waals surface area contributed by atoms with Crippen molar-refractivity contribution in [3.63, 3.8) is 0 Å². The first-order valence-electron chi connectivity index (χ1n) is 8.31. The van der Waals surface area contributed by atoms with Gasteiger partial charge in [0.15, 0.2) is 0 Å². The molecule has 1 fully saturated rings. The van der Waals surface area contributed by atoms with E-state index < -0.39 is 0 Å². The zero-order valence-electron chi connectivity index (χ0n) is 13.3. The third-order valence-corrected chi connectivity index (χ3v) is 5.22. The van der Waals surface area contributed by atoms with Gasteiger partial charge in [0, 0.05) is 25.7 Å². The van der Waals surface area contributed by atoms with E-state index in [2.05, 4.69) is 41.5 Å². The molecule has 1 heterocycles. The molecule has 116 valence electrons. The van der Waals surface area contributed by atoms with Crippen LogP contribution >= 0.6 is 0 Å². The Bertz CT molecular complexity index is 462. The van der Waals surface area contributed by atoms with Gasteiger partial charge in [-0.2, -0.15) is 0 Å². The van der Waals surface area contributed by atoms with Crippen LogP contribution in [0.25, 0.3) is 0 Å². The Hall–Kier alpha value is -0.900. The maximum Gasteiger partial charge on any atom is 0.0503 e. The molecular formula is C18H28N2O. The van der Waals surface area contributed by atoms with Crippen LogP contribution in [0.5, 0.6) is 0 Å². The van der Waals surface area contributed by atoms with E-state index >= 15 is 0 Å². The normalized spacial score (nSPS) is 30.1. The minimum absolute atomic E-state index is 0.463. The molecule has 2 aliphatic rings. The van der Waals surface area contributed by atoms with Crippen molar-refractivity contribution in [2.45, 2.75) is 37.8 Å². The van der Waals surface area contributed by atoms with E-state index in [0.717, 1.165) is 6.61 Å². The molecular weight excluding hydrogens is 260 g/mol. The summed E-state index contributed by atoms with van der Waals surface area (Å²) in [5, 5.41) is 3.60. The van der Waals surface area contributed by atoms with Crippen LogP contribution in [-0.2, 0) is 11.2 Å². The van der Waals surface area contributed by atoms with Crippen molar-refractivity contribution in [2.24, 2.45) is 5.92 Å². The van der Waals surface area contributed by atoms with Gasteiger partial charge in [-0.1, -0.05) is 24.3 Å². The van der Waals surface area contributed by atoms with E-state index in [1.807, 2.05) is 7.11 Å². The minimum atomic E-state index is 0.463. The average molecular weight is 288 g/mol. The predicted molar refractivity (Wildman–Crippen MR) is 86.5 cm³/mol. The van der Waals surface area contributed by atoms with Gasteiger partial charge >= 0.3 is 0 Å². The SMILES string of the molecule is CNC1c2ccccc2CCCC1N1CCC(COC)C1. The Kier molecular flexibility index (Phi) is 4.94. The number of rotatable bonds is 4. The van der Waals surface area contributed by atoms with Gasteiger partial charge in [0.2, 0.25) is 0 Å². The van der Waals surface area contributed by atoms with Gasteiger partial charge in [0.1, 0.15) is 0 Å². The molecule has 0 spiro atoms. The number of fused-ring (bicyclic) bond motifs is 1. The molecule has 3 atom stereocenters. The molecule has 0 bridgehead atoms. The highest BCUT2D eigenvalue weighted by atomic mass is 16.5. The van der Waals surface area contributed by atoms with Crippen LogP contribution in [0, 0.1) is 5.92 Å². The molecule has 3 rings (SSSR count). The third kappa shape index (κ3) is 3.15. The first-order valence-corrected chi connectivity index (χ1v) is 8.31. The summed E-state index contributed by atoms with van der Waals surface area (Å²) in [7, 11) is 3.93. The molecule has 0 amide bonds. The summed E-state index contributed by atoms with van der Waals surface area (Å²) in [5.41, 5.74) is 3.05. The van der Waals surface area contributed by atoms with Crippen molar-refractivity contribution < 1.29 is 4.74 Å². The summed E-state index contributed by atoms with van der Waals surface area (Å²) in [5.74, 6) is 0.714. The highest BCUT2D eigenvalue weighted by Gasteiger charge is 2.34. The Labute approximate surface area is 128 Å². The lowest BCUT2D eigenvalue weighted by molar-refractivity contribution is 0.137. The quantitative estimate of drug-likeness (QED) is 0.862. The van der Waals surface area contributed by atoms with E-state index in [-0.39, 0.29) is 0 Å². The van der Waals surface area contributed by atoms with Gasteiger partial charge in [0.05, 0.1) is 6.61 Å². The highest BCUT2D eigenvalue weighted by Crippen LogP contribution is 2.34. The first-order chi connectivity index (χ1) is 10.3. The largest absolute Gasteiger partial charge is 0.384 e. The van der Waals surface area contributed by atoms with Crippen LogP contribution in [0.15, 0.2) is 24.3 Å². The summed E-state index contributed by atoms with van der Waals surface area (Å²) < 4.78 is 5.35. The molecule has 3 heteroatoms.